The molecule has 0 amide bonds. The smallest absolute Gasteiger partial charge is 0.389 e. The maximum absolute atomic E-state index is 11.6. The number of aliphatic carboxylic acids is 1. The molecule has 0 fully saturated rings. The van der Waals surface area contributed by atoms with Crippen LogP contribution in [0.3, 0.4) is 0 Å². The molecule has 0 spiro atoms. The Morgan fingerprint density at radius 1 is 1.50 bits per heavy atom. The van der Waals surface area contributed by atoms with Gasteiger partial charge < -0.3 is 10.8 Å². The van der Waals surface area contributed by atoms with Crippen molar-refractivity contribution in [3.63, 3.8) is 0 Å². The van der Waals surface area contributed by atoms with E-state index < -0.39 is 24.6 Å². The maximum atomic E-state index is 11.6. The van der Waals surface area contributed by atoms with Crippen LogP contribution in [0.4, 0.5) is 13.2 Å². The standard InChI is InChI=1S/C7H12F3NO2S/c8-7(9,10)2-1-3-14-4-5(11)6(12)13/h5H,1-4,11H2,(H,12,13). The second kappa shape index (κ2) is 6.13. The lowest BCUT2D eigenvalue weighted by atomic mass is 10.3. The summed E-state index contributed by atoms with van der Waals surface area (Å²) >= 11 is 1.12. The van der Waals surface area contributed by atoms with Gasteiger partial charge in [0.25, 0.3) is 0 Å². The molecule has 0 aromatic rings. The van der Waals surface area contributed by atoms with Crippen molar-refractivity contribution < 1.29 is 23.1 Å². The molecule has 0 aliphatic rings. The third kappa shape index (κ3) is 8.18. The van der Waals surface area contributed by atoms with E-state index in [0.29, 0.717) is 0 Å². The third-order valence-corrected chi connectivity index (χ3v) is 2.54. The van der Waals surface area contributed by atoms with Crippen LogP contribution in [0.25, 0.3) is 0 Å². The first kappa shape index (κ1) is 13.6. The first-order valence-electron chi connectivity index (χ1n) is 3.96. The Hall–Kier alpha value is -0.430. The third-order valence-electron chi connectivity index (χ3n) is 1.36. The van der Waals surface area contributed by atoms with E-state index in [1.54, 1.807) is 0 Å². The van der Waals surface area contributed by atoms with Gasteiger partial charge >= 0.3 is 12.1 Å². The van der Waals surface area contributed by atoms with E-state index in [-0.39, 0.29) is 17.9 Å². The summed E-state index contributed by atoms with van der Waals surface area (Å²) in [5.41, 5.74) is 5.14. The summed E-state index contributed by atoms with van der Waals surface area (Å²) in [6.07, 6.45) is -4.96. The van der Waals surface area contributed by atoms with E-state index in [1.165, 1.54) is 0 Å². The summed E-state index contributed by atoms with van der Waals surface area (Å²) in [6.45, 7) is 0. The molecule has 0 radical (unpaired) electrons. The molecule has 7 heteroatoms. The van der Waals surface area contributed by atoms with Crippen molar-refractivity contribution in [3.8, 4) is 0 Å². The quantitative estimate of drug-likeness (QED) is 0.679. The van der Waals surface area contributed by atoms with Gasteiger partial charge in [-0.15, -0.1) is 0 Å². The summed E-state index contributed by atoms with van der Waals surface area (Å²) < 4.78 is 34.9. The predicted molar refractivity (Wildman–Crippen MR) is 48.2 cm³/mol. The number of hydrogen-bond donors (Lipinski definition) is 2. The second-order valence-electron chi connectivity index (χ2n) is 2.74. The molecule has 0 bridgehead atoms. The van der Waals surface area contributed by atoms with Crippen molar-refractivity contribution in [1.82, 2.24) is 0 Å². The van der Waals surface area contributed by atoms with E-state index >= 15 is 0 Å². The van der Waals surface area contributed by atoms with Crippen LogP contribution in [0, 0.1) is 0 Å². The molecule has 14 heavy (non-hydrogen) atoms. The van der Waals surface area contributed by atoms with Gasteiger partial charge in [-0.1, -0.05) is 0 Å². The van der Waals surface area contributed by atoms with E-state index in [2.05, 4.69) is 0 Å². The van der Waals surface area contributed by atoms with Crippen LogP contribution in [-0.2, 0) is 4.79 Å². The molecule has 0 saturated heterocycles. The van der Waals surface area contributed by atoms with Gasteiger partial charge in [-0.2, -0.15) is 24.9 Å². The van der Waals surface area contributed by atoms with Crippen molar-refractivity contribution in [2.75, 3.05) is 11.5 Å². The average molecular weight is 231 g/mol. The predicted octanol–water partition coefficient (Wildman–Crippen LogP) is 1.47. The van der Waals surface area contributed by atoms with Crippen LogP contribution in [0.1, 0.15) is 12.8 Å². The Morgan fingerprint density at radius 2 is 2.07 bits per heavy atom. The van der Waals surface area contributed by atoms with Crippen molar-refractivity contribution in [2.24, 2.45) is 5.73 Å². The molecule has 0 aromatic carbocycles. The van der Waals surface area contributed by atoms with E-state index in [0.717, 1.165) is 11.8 Å². The Bertz CT molecular complexity index is 186. The molecule has 0 aromatic heterocycles. The number of rotatable bonds is 6. The number of halogens is 3. The largest absolute Gasteiger partial charge is 0.480 e. The molecule has 0 rings (SSSR count). The van der Waals surface area contributed by atoms with Gasteiger partial charge in [0.05, 0.1) is 0 Å². The SMILES string of the molecule is NC(CSCCCC(F)(F)F)C(=O)O. The van der Waals surface area contributed by atoms with Crippen LogP contribution in [0.2, 0.25) is 0 Å². The van der Waals surface area contributed by atoms with E-state index in [9.17, 15) is 18.0 Å². The minimum atomic E-state index is -4.13. The number of alkyl halides is 3. The highest BCUT2D eigenvalue weighted by molar-refractivity contribution is 7.99. The Morgan fingerprint density at radius 3 is 2.50 bits per heavy atom. The highest BCUT2D eigenvalue weighted by Crippen LogP contribution is 2.22. The van der Waals surface area contributed by atoms with Crippen molar-refractivity contribution >= 4 is 17.7 Å². The Kier molecular flexibility index (Phi) is 5.94. The summed E-state index contributed by atoms with van der Waals surface area (Å²) in [5, 5.41) is 8.35. The lowest BCUT2D eigenvalue weighted by Gasteiger charge is -2.07. The molecule has 0 aliphatic heterocycles. The van der Waals surface area contributed by atoms with Gasteiger partial charge in [-0.25, -0.2) is 0 Å². The number of carbonyl (C=O) groups is 1. The van der Waals surface area contributed by atoms with Crippen LogP contribution < -0.4 is 5.73 Å². The lowest BCUT2D eigenvalue weighted by Crippen LogP contribution is -2.32. The molecule has 3 N–H and O–H groups in total. The number of carboxylic acid groups (broad SMARTS) is 1. The fourth-order valence-electron chi connectivity index (χ4n) is 0.656. The molecule has 84 valence electrons. The molecule has 1 atom stereocenters. The van der Waals surface area contributed by atoms with E-state index in [4.69, 9.17) is 10.8 Å². The van der Waals surface area contributed by atoms with Gasteiger partial charge in [-0.05, 0) is 12.2 Å². The molecule has 0 aliphatic carbocycles. The molecule has 3 nitrogen and oxygen atoms in total. The summed E-state index contributed by atoms with van der Waals surface area (Å²) in [5.74, 6) is -0.707. The molecule has 0 heterocycles. The molecular weight excluding hydrogens is 219 g/mol. The number of hydrogen-bond acceptors (Lipinski definition) is 3. The van der Waals surface area contributed by atoms with Gasteiger partial charge in [0.2, 0.25) is 0 Å². The highest BCUT2D eigenvalue weighted by atomic mass is 32.2. The van der Waals surface area contributed by atoms with Crippen LogP contribution in [-0.4, -0.2) is 34.8 Å². The second-order valence-corrected chi connectivity index (χ2v) is 3.89. The van der Waals surface area contributed by atoms with Crippen LogP contribution >= 0.6 is 11.8 Å². The van der Waals surface area contributed by atoms with Gasteiger partial charge in [0, 0.05) is 12.2 Å². The zero-order valence-corrected chi connectivity index (χ0v) is 8.20. The normalized spacial score (nSPS) is 14.0. The lowest BCUT2D eigenvalue weighted by molar-refractivity contribution is -0.138. The molecule has 0 saturated carbocycles. The molecular formula is C7H12F3NO2S. The Labute approximate surface area is 83.8 Å². The fourth-order valence-corrected chi connectivity index (χ4v) is 1.57. The van der Waals surface area contributed by atoms with Crippen molar-refractivity contribution in [1.29, 1.82) is 0 Å². The zero-order chi connectivity index (χ0) is 11.2. The van der Waals surface area contributed by atoms with Gasteiger partial charge in [-0.3, -0.25) is 4.79 Å². The minimum Gasteiger partial charge on any atom is -0.480 e. The topological polar surface area (TPSA) is 63.3 Å². The highest BCUT2D eigenvalue weighted by Gasteiger charge is 2.25. The van der Waals surface area contributed by atoms with Crippen LogP contribution in [0.5, 0.6) is 0 Å². The van der Waals surface area contributed by atoms with Crippen molar-refractivity contribution in [2.45, 2.75) is 25.1 Å². The Balaban J connectivity index is 3.35. The maximum Gasteiger partial charge on any atom is 0.389 e. The average Bonchev–Trinajstić information content (AvgIpc) is 2.01. The molecule has 1 unspecified atom stereocenters. The first-order valence-corrected chi connectivity index (χ1v) is 5.11. The summed E-state index contributed by atoms with van der Waals surface area (Å²) in [4.78, 5) is 10.2. The minimum absolute atomic E-state index is 0.000502. The number of carboxylic acids is 1. The van der Waals surface area contributed by atoms with Gasteiger partial charge in [0.1, 0.15) is 6.04 Å². The van der Waals surface area contributed by atoms with E-state index in [1.807, 2.05) is 0 Å². The van der Waals surface area contributed by atoms with Crippen molar-refractivity contribution in [3.05, 3.63) is 0 Å². The monoisotopic (exact) mass is 231 g/mol. The first-order chi connectivity index (χ1) is 6.33. The zero-order valence-electron chi connectivity index (χ0n) is 7.38. The van der Waals surface area contributed by atoms with Crippen LogP contribution in [0.15, 0.2) is 0 Å². The summed E-state index contributed by atoms with van der Waals surface area (Å²) in [7, 11) is 0. The summed E-state index contributed by atoms with van der Waals surface area (Å²) in [6, 6.07) is -0.995. The number of thioether (sulfide) groups is 1. The fraction of sp³-hybridized carbons (Fsp3) is 0.857. The number of nitrogens with two attached hydrogens (primary N) is 1. The van der Waals surface area contributed by atoms with Gasteiger partial charge in [0.15, 0.2) is 0 Å².